The Kier molecular flexibility index (Phi) is 7.23. The monoisotopic (exact) mass is 579 g/mol. The lowest BCUT2D eigenvalue weighted by Crippen LogP contribution is -2.41. The number of aromatic nitrogens is 4. The van der Waals surface area contributed by atoms with Gasteiger partial charge in [0.15, 0.2) is 17.5 Å². The van der Waals surface area contributed by atoms with Gasteiger partial charge in [-0.2, -0.15) is 18.3 Å². The fourth-order valence-corrected chi connectivity index (χ4v) is 4.88. The first-order chi connectivity index (χ1) is 19.4. The van der Waals surface area contributed by atoms with E-state index in [0.717, 1.165) is 29.0 Å². The molecule has 1 amide bonds. The molecule has 3 N–H and O–H groups in total. The van der Waals surface area contributed by atoms with Crippen LogP contribution in [0, 0.1) is 11.6 Å². The van der Waals surface area contributed by atoms with E-state index < -0.39 is 58.9 Å². The normalized spacial score (nSPS) is 18.5. The number of alkyl halides is 4. The second-order valence-electron chi connectivity index (χ2n) is 9.53. The van der Waals surface area contributed by atoms with Crippen molar-refractivity contribution in [1.82, 2.24) is 29.8 Å². The molecule has 3 atom stereocenters. The van der Waals surface area contributed by atoms with Crippen LogP contribution in [0.15, 0.2) is 42.9 Å². The van der Waals surface area contributed by atoms with Crippen LogP contribution < -0.4 is 15.8 Å². The number of ether oxygens (including phenoxy) is 1. The van der Waals surface area contributed by atoms with Crippen molar-refractivity contribution in [1.29, 1.82) is 0 Å². The van der Waals surface area contributed by atoms with Gasteiger partial charge in [-0.25, -0.2) is 27.7 Å². The average molecular weight is 580 g/mol. The van der Waals surface area contributed by atoms with Crippen molar-refractivity contribution in [2.75, 3.05) is 25.9 Å². The molecule has 1 fully saturated rings. The SMILES string of the molecule is COc1ncc(-c2cc(C(F)(F)F)c3c(N)ncnn23)cc1C(=O)N[C@@H]1CN([C@@H](C)c2ccc(F)c(F)c2)C[C@@H]1F. The Morgan fingerprint density at radius 1 is 1.15 bits per heavy atom. The molecule has 5 rings (SSSR count). The molecule has 15 heteroatoms. The second-order valence-corrected chi connectivity index (χ2v) is 9.53. The zero-order valence-electron chi connectivity index (χ0n) is 21.6. The smallest absolute Gasteiger partial charge is 0.418 e. The van der Waals surface area contributed by atoms with Crippen LogP contribution in [0.5, 0.6) is 5.88 Å². The Labute approximate surface area is 228 Å². The number of hydrogen-bond donors (Lipinski definition) is 2. The second kappa shape index (κ2) is 10.5. The number of carbonyl (C=O) groups is 1. The maximum absolute atomic E-state index is 15.0. The van der Waals surface area contributed by atoms with Crippen molar-refractivity contribution in [3.05, 3.63) is 71.2 Å². The number of carbonyl (C=O) groups excluding carboxylic acids is 1. The molecule has 0 bridgehead atoms. The molecule has 0 unspecified atom stereocenters. The Morgan fingerprint density at radius 3 is 2.59 bits per heavy atom. The van der Waals surface area contributed by atoms with Crippen molar-refractivity contribution in [3.8, 4) is 17.1 Å². The molecule has 0 saturated carbocycles. The molecule has 4 aromatic rings. The highest BCUT2D eigenvalue weighted by molar-refractivity contribution is 5.98. The average Bonchev–Trinajstić information content (AvgIpc) is 3.51. The van der Waals surface area contributed by atoms with Crippen LogP contribution in [0.3, 0.4) is 0 Å². The number of pyridine rings is 1. The molecule has 1 aliphatic rings. The van der Waals surface area contributed by atoms with Crippen LogP contribution in [0.4, 0.5) is 32.2 Å². The van der Waals surface area contributed by atoms with Gasteiger partial charge in [0.1, 0.15) is 23.6 Å². The molecule has 0 radical (unpaired) electrons. The van der Waals surface area contributed by atoms with Gasteiger partial charge in [0.2, 0.25) is 5.88 Å². The number of fused-ring (bicyclic) bond motifs is 1. The van der Waals surface area contributed by atoms with E-state index in [-0.39, 0.29) is 35.8 Å². The van der Waals surface area contributed by atoms with Crippen molar-refractivity contribution in [2.24, 2.45) is 0 Å². The third kappa shape index (κ3) is 5.24. The number of hydrogen-bond acceptors (Lipinski definition) is 7. The Balaban J connectivity index is 1.42. The third-order valence-corrected chi connectivity index (χ3v) is 7.04. The summed E-state index contributed by atoms with van der Waals surface area (Å²) in [6, 6.07) is 4.03. The summed E-state index contributed by atoms with van der Waals surface area (Å²) in [4.78, 5) is 22.7. The standard InChI is InChI=1S/C26H23F6N7O2/c1-12(13-3-4-17(27)18(28)6-13)38-9-19(29)20(10-38)37-24(40)15-5-14(8-34-25(15)41-2)21-7-16(26(30,31)32)22-23(33)35-11-36-39(21)22/h3-8,11-12,19-20H,9-10H2,1-2H3,(H,37,40)(H2,33,35,36)/t12-,19-,20+/m0/s1. The van der Waals surface area contributed by atoms with Crippen LogP contribution in [-0.4, -0.2) is 62.8 Å². The molecule has 1 saturated heterocycles. The van der Waals surface area contributed by atoms with E-state index >= 15 is 4.39 Å². The van der Waals surface area contributed by atoms with Crippen molar-refractivity contribution in [2.45, 2.75) is 31.4 Å². The minimum Gasteiger partial charge on any atom is -0.480 e. The molecule has 4 heterocycles. The quantitative estimate of drug-likeness (QED) is 0.330. The van der Waals surface area contributed by atoms with Crippen LogP contribution in [0.2, 0.25) is 0 Å². The molecule has 41 heavy (non-hydrogen) atoms. The molecule has 3 aromatic heterocycles. The first kappa shape index (κ1) is 28.1. The lowest BCUT2D eigenvalue weighted by Gasteiger charge is -2.24. The molecule has 0 aliphatic carbocycles. The zero-order chi connectivity index (χ0) is 29.6. The lowest BCUT2D eigenvalue weighted by atomic mass is 10.1. The first-order valence-electron chi connectivity index (χ1n) is 12.3. The maximum Gasteiger partial charge on any atom is 0.418 e. The molecular weight excluding hydrogens is 556 g/mol. The van der Waals surface area contributed by atoms with Crippen LogP contribution in [-0.2, 0) is 6.18 Å². The van der Waals surface area contributed by atoms with Crippen LogP contribution >= 0.6 is 0 Å². The molecule has 0 spiro atoms. The fraction of sp³-hybridized carbons (Fsp3) is 0.308. The summed E-state index contributed by atoms with van der Waals surface area (Å²) >= 11 is 0. The van der Waals surface area contributed by atoms with Gasteiger partial charge < -0.3 is 15.8 Å². The number of amides is 1. The molecule has 9 nitrogen and oxygen atoms in total. The van der Waals surface area contributed by atoms with Crippen molar-refractivity contribution >= 4 is 17.2 Å². The van der Waals surface area contributed by atoms with Gasteiger partial charge in [-0.3, -0.25) is 9.69 Å². The summed E-state index contributed by atoms with van der Waals surface area (Å²) in [6.07, 6.45) is -4.08. The third-order valence-electron chi connectivity index (χ3n) is 7.04. The van der Waals surface area contributed by atoms with E-state index in [0.29, 0.717) is 5.56 Å². The van der Waals surface area contributed by atoms with E-state index in [2.05, 4.69) is 20.4 Å². The van der Waals surface area contributed by atoms with Gasteiger partial charge in [-0.1, -0.05) is 6.07 Å². The summed E-state index contributed by atoms with van der Waals surface area (Å²) in [5.41, 5.74) is 4.46. The van der Waals surface area contributed by atoms with Gasteiger partial charge >= 0.3 is 6.18 Å². The van der Waals surface area contributed by atoms with E-state index in [9.17, 15) is 26.7 Å². The number of nitrogens with two attached hydrogens (primary N) is 1. The zero-order valence-corrected chi connectivity index (χ0v) is 21.6. The molecule has 216 valence electrons. The number of halogens is 6. The summed E-state index contributed by atoms with van der Waals surface area (Å²) < 4.78 is 89.5. The van der Waals surface area contributed by atoms with E-state index in [4.69, 9.17) is 10.5 Å². The van der Waals surface area contributed by atoms with Gasteiger partial charge in [0.05, 0.1) is 24.4 Å². The topological polar surface area (TPSA) is 111 Å². The van der Waals surface area contributed by atoms with Gasteiger partial charge in [-0.15, -0.1) is 0 Å². The minimum absolute atomic E-state index is 0.0526. The number of rotatable bonds is 6. The fourth-order valence-electron chi connectivity index (χ4n) is 4.88. The largest absolute Gasteiger partial charge is 0.480 e. The summed E-state index contributed by atoms with van der Waals surface area (Å²) in [5, 5.41) is 6.48. The van der Waals surface area contributed by atoms with E-state index in [1.54, 1.807) is 11.8 Å². The summed E-state index contributed by atoms with van der Waals surface area (Å²) in [6.45, 7) is 1.67. The lowest BCUT2D eigenvalue weighted by molar-refractivity contribution is -0.136. The van der Waals surface area contributed by atoms with Crippen molar-refractivity contribution in [3.63, 3.8) is 0 Å². The summed E-state index contributed by atoms with van der Waals surface area (Å²) in [7, 11) is 1.25. The Bertz CT molecular complexity index is 1630. The highest BCUT2D eigenvalue weighted by Gasteiger charge is 2.38. The highest BCUT2D eigenvalue weighted by atomic mass is 19.4. The molecule has 1 aromatic carbocycles. The van der Waals surface area contributed by atoms with Gasteiger partial charge in [-0.05, 0) is 36.8 Å². The molecular formula is C26H23F6N7O2. The van der Waals surface area contributed by atoms with Crippen LogP contribution in [0.1, 0.15) is 34.5 Å². The number of likely N-dealkylation sites (tertiary alicyclic amines) is 1. The first-order valence-corrected chi connectivity index (χ1v) is 12.3. The summed E-state index contributed by atoms with van der Waals surface area (Å²) in [5.74, 6) is -3.34. The van der Waals surface area contributed by atoms with Crippen LogP contribution in [0.25, 0.3) is 16.8 Å². The van der Waals surface area contributed by atoms with E-state index in [1.807, 2.05) is 0 Å². The predicted octanol–water partition coefficient (Wildman–Crippen LogP) is 4.19. The number of anilines is 1. The number of nitrogens with one attached hydrogen (secondary N) is 1. The maximum atomic E-state index is 15.0. The highest BCUT2D eigenvalue weighted by Crippen LogP contribution is 2.39. The number of nitrogens with zero attached hydrogens (tertiary/aromatic N) is 5. The van der Waals surface area contributed by atoms with Crippen molar-refractivity contribution < 1.29 is 35.9 Å². The van der Waals surface area contributed by atoms with Gasteiger partial charge in [0, 0.05) is 30.9 Å². The number of benzene rings is 1. The minimum atomic E-state index is -4.77. The Morgan fingerprint density at radius 2 is 1.90 bits per heavy atom. The van der Waals surface area contributed by atoms with Gasteiger partial charge in [0.25, 0.3) is 5.91 Å². The van der Waals surface area contributed by atoms with E-state index in [1.165, 1.54) is 25.4 Å². The predicted molar refractivity (Wildman–Crippen MR) is 135 cm³/mol. The Hall–Kier alpha value is -4.40. The molecule has 1 aliphatic heterocycles. The number of nitrogen functional groups attached to an aromatic ring is 1. The number of methoxy groups -OCH3 is 1.